The smallest absolute Gasteiger partial charge is 0.418 e. The zero-order valence-electron chi connectivity index (χ0n) is 4.41. The zero-order valence-corrected chi connectivity index (χ0v) is 4.41. The van der Waals surface area contributed by atoms with E-state index in [1.165, 1.54) is 0 Å². The first-order chi connectivity index (χ1) is 3.41. The third-order valence-corrected chi connectivity index (χ3v) is 0. The molecule has 0 radical (unpaired) electrons. The molecule has 9 heavy (non-hydrogen) atoms. The fourth-order valence-corrected chi connectivity index (χ4v) is 0. The Labute approximate surface area is 47.5 Å². The molecule has 0 amide bonds. The normalized spacial score (nSPS) is 8.00. The molecule has 0 aromatic carbocycles. The highest BCUT2D eigenvalue weighted by atomic mass is 19.5. The Morgan fingerprint density at radius 1 is 1.22 bits per heavy atom. The summed E-state index contributed by atoms with van der Waals surface area (Å²) in [5, 5.41) is 8.38. The van der Waals surface area contributed by atoms with Crippen LogP contribution in [0.1, 0.15) is 0 Å². The van der Waals surface area contributed by atoms with E-state index in [2.05, 4.69) is 0 Å². The van der Waals surface area contributed by atoms with Crippen molar-refractivity contribution in [3.63, 3.8) is 0 Å². The fourth-order valence-electron chi connectivity index (χ4n) is 0. The highest BCUT2D eigenvalue weighted by Crippen LogP contribution is 2.06. The second-order valence-corrected chi connectivity index (χ2v) is 0.578. The molecule has 0 heterocycles. The Hall–Kier alpha value is -0.855. The number of halogens is 4. The summed E-state index contributed by atoms with van der Waals surface area (Å²) in [6.07, 6.45) is 0. The minimum Gasteiger partial charge on any atom is -0.418 e. The molecule has 0 fully saturated rings. The minimum absolute atomic E-state index is 0. The summed E-state index contributed by atoms with van der Waals surface area (Å²) in [6, 6.07) is 0. The second-order valence-electron chi connectivity index (χ2n) is 0.578. The topological polar surface area (TPSA) is 90.6 Å². The quantitative estimate of drug-likeness (QED) is 0.221. The van der Waals surface area contributed by atoms with Crippen molar-refractivity contribution in [1.29, 1.82) is 0 Å². The van der Waals surface area contributed by atoms with E-state index >= 15 is 0 Å². The Morgan fingerprint density at radius 3 is 1.22 bits per heavy atom. The molecule has 0 bridgehead atoms. The highest BCUT2D eigenvalue weighted by Gasteiger charge is 2.20. The van der Waals surface area contributed by atoms with Gasteiger partial charge in [0.1, 0.15) is 0 Å². The first kappa shape index (κ1) is 15.7. The third-order valence-electron chi connectivity index (χ3n) is 0. The van der Waals surface area contributed by atoms with E-state index in [0.29, 0.717) is 0 Å². The Kier molecular flexibility index (Phi) is 12.5. The summed E-state index contributed by atoms with van der Waals surface area (Å²) in [6.45, 7) is 0. The van der Waals surface area contributed by atoms with Crippen LogP contribution in [0.3, 0.4) is 0 Å². The van der Waals surface area contributed by atoms with Crippen molar-refractivity contribution in [1.82, 2.24) is 6.15 Å². The fraction of sp³-hybridized carbons (Fsp3) is 0. The van der Waals surface area contributed by atoms with Gasteiger partial charge >= 0.3 is 7.25 Å². The molecule has 4 nitrogen and oxygen atoms in total. The summed E-state index contributed by atoms with van der Waals surface area (Å²) in [4.78, 5) is 8.12. The molecule has 0 atom stereocenters. The van der Waals surface area contributed by atoms with E-state index in [-0.39, 0.29) is 11.5 Å². The van der Waals surface area contributed by atoms with Gasteiger partial charge in [0.25, 0.3) is 0 Å². The van der Waals surface area contributed by atoms with Crippen LogP contribution in [0.5, 0.6) is 0 Å². The molecule has 0 aliphatic heterocycles. The molecule has 9 heteroatoms. The van der Waals surface area contributed by atoms with Gasteiger partial charge in [-0.05, 0) is 0 Å². The Morgan fingerprint density at radius 2 is 1.22 bits per heavy atom. The number of rotatable bonds is 0. The largest absolute Gasteiger partial charge is 0.673 e. The van der Waals surface area contributed by atoms with Crippen LogP contribution in [0.2, 0.25) is 0 Å². The van der Waals surface area contributed by atoms with Crippen molar-refractivity contribution in [2.24, 2.45) is 0 Å². The van der Waals surface area contributed by atoms with Gasteiger partial charge < -0.3 is 23.4 Å². The summed E-state index contributed by atoms with van der Waals surface area (Å²) < 4.78 is 39.0. The van der Waals surface area contributed by atoms with Gasteiger partial charge in [-0.2, -0.15) is 0 Å². The van der Waals surface area contributed by atoms with Crippen molar-refractivity contribution in [2.45, 2.75) is 0 Å². The zero-order chi connectivity index (χ0) is 7.21. The van der Waals surface area contributed by atoms with Gasteiger partial charge in [-0.3, -0.25) is 10.1 Å². The van der Waals surface area contributed by atoms with Crippen LogP contribution < -0.4 is 11.5 Å². The molecule has 0 unspecified atom stereocenters. The van der Waals surface area contributed by atoms with Crippen LogP contribution in [0, 0.1) is 10.1 Å². The van der Waals surface area contributed by atoms with E-state index in [1.807, 2.05) is 0 Å². The SMILES string of the molecule is F[B-](F)(F)F.O=[NH+][O-].[NH4+]. The first-order valence-electron chi connectivity index (χ1n) is 1.28. The monoisotopic (exact) mass is 152 g/mol. The summed E-state index contributed by atoms with van der Waals surface area (Å²) >= 11 is 0. The van der Waals surface area contributed by atoms with Crippen molar-refractivity contribution >= 4 is 7.25 Å². The van der Waals surface area contributed by atoms with Gasteiger partial charge in [0.2, 0.25) is 0 Å². The van der Waals surface area contributed by atoms with Gasteiger partial charge in [-0.15, -0.1) is 0 Å². The van der Waals surface area contributed by atoms with Gasteiger partial charge in [0.15, 0.2) is 0 Å². The number of hydrogen-bond donors (Lipinski definition) is 2. The molecule has 0 aliphatic rings. The molecule has 0 aromatic rings. The van der Waals surface area contributed by atoms with Gasteiger partial charge in [0, 0.05) is 5.34 Å². The van der Waals surface area contributed by atoms with E-state index < -0.39 is 7.25 Å². The second kappa shape index (κ2) is 7.14. The molecule has 0 aromatic heterocycles. The predicted molar refractivity (Wildman–Crippen MR) is 23.9 cm³/mol. The van der Waals surface area contributed by atoms with Crippen LogP contribution in [-0.2, 0) is 0 Å². The van der Waals surface area contributed by atoms with Crippen LogP contribution in [0.15, 0.2) is 0 Å². The molecule has 0 aliphatic carbocycles. The molecular weight excluding hydrogens is 147 g/mol. The van der Waals surface area contributed by atoms with E-state index in [1.54, 1.807) is 0 Å². The van der Waals surface area contributed by atoms with Crippen molar-refractivity contribution in [3.8, 4) is 0 Å². The number of quaternary nitrogens is 1. The highest BCUT2D eigenvalue weighted by molar-refractivity contribution is 6.50. The maximum absolute atomic E-state index is 9.75. The average molecular weight is 152 g/mol. The van der Waals surface area contributed by atoms with Gasteiger partial charge in [-0.25, -0.2) is 0 Å². The van der Waals surface area contributed by atoms with Crippen LogP contribution in [0.4, 0.5) is 17.3 Å². The lowest BCUT2D eigenvalue weighted by atomic mass is 10.3. The maximum Gasteiger partial charge on any atom is 0.673 e. The maximum atomic E-state index is 9.75. The van der Waals surface area contributed by atoms with Crippen LogP contribution >= 0.6 is 0 Å². The van der Waals surface area contributed by atoms with Crippen molar-refractivity contribution < 1.29 is 22.6 Å². The van der Waals surface area contributed by atoms with E-state index in [4.69, 9.17) is 10.1 Å². The first-order valence-corrected chi connectivity index (χ1v) is 1.28. The molecular formula is H5BF4N2O2. The average Bonchev–Trinajstić information content (AvgIpc) is 1.27. The summed E-state index contributed by atoms with van der Waals surface area (Å²) in [7, 11) is -6.00. The number of hydrogen-bond acceptors (Lipinski definition) is 2. The third kappa shape index (κ3) is 259. The van der Waals surface area contributed by atoms with Crippen LogP contribution in [-0.4, -0.2) is 7.25 Å². The van der Waals surface area contributed by atoms with Crippen molar-refractivity contribution in [2.75, 3.05) is 0 Å². The predicted octanol–water partition coefficient (Wildman–Crippen LogP) is 0.00740. The molecule has 0 rings (SSSR count). The molecule has 0 saturated carbocycles. The molecule has 0 spiro atoms. The van der Waals surface area contributed by atoms with Crippen molar-refractivity contribution in [3.05, 3.63) is 10.1 Å². The molecule has 0 saturated heterocycles. The standard InChI is InChI=1S/BF4.HNO2.H3N/c2-1(3,4)5;2-1-3;/h;1H;1H3/q-1;;/p+1. The molecule has 58 valence electrons. The van der Waals surface area contributed by atoms with E-state index in [0.717, 1.165) is 0 Å². The van der Waals surface area contributed by atoms with E-state index in [9.17, 15) is 17.3 Å². The lowest BCUT2D eigenvalue weighted by Crippen LogP contribution is -2.53. The summed E-state index contributed by atoms with van der Waals surface area (Å²) in [5.41, 5.74) is 0. The van der Waals surface area contributed by atoms with Crippen LogP contribution in [0.25, 0.3) is 0 Å². The van der Waals surface area contributed by atoms with Gasteiger partial charge in [-0.1, -0.05) is 0 Å². The summed E-state index contributed by atoms with van der Waals surface area (Å²) in [5.74, 6) is 0. The lowest BCUT2D eigenvalue weighted by molar-refractivity contribution is -0.398. The Bertz CT molecular complexity index is 56.1. The van der Waals surface area contributed by atoms with Gasteiger partial charge in [0.05, 0.1) is 0 Å². The Balaban J connectivity index is -0.0000000800. The minimum atomic E-state index is -6.00. The number of nitrogens with one attached hydrogen (secondary N) is 1. The molecule has 5 N–H and O–H groups in total. The lowest BCUT2D eigenvalue weighted by Gasteiger charge is -1.94.